The quantitative estimate of drug-likeness (QED) is 0.0296. The molecule has 0 radical (unpaired) electrons. The molecule has 13 rings (SSSR count). The van der Waals surface area contributed by atoms with Crippen molar-refractivity contribution in [1.82, 2.24) is 36.2 Å². The number of hydroxylamine groups is 2. The van der Waals surface area contributed by atoms with Gasteiger partial charge in [0.25, 0.3) is 5.91 Å². The molecule has 13 atom stereocenters. The molecule has 578 valence electrons. The molecule has 2 saturated heterocycles. The summed E-state index contributed by atoms with van der Waals surface area (Å²) in [5.74, 6) is -13.0. The molecular formula is C73H73N9O28. The number of ketones is 6. The Balaban J connectivity index is 0.719. The molecule has 37 heteroatoms. The van der Waals surface area contributed by atoms with E-state index in [-0.39, 0.29) is 79.7 Å². The summed E-state index contributed by atoms with van der Waals surface area (Å²) in [6.45, 7) is 0.393. The highest BCUT2D eigenvalue weighted by Crippen LogP contribution is 2.55. The number of methoxy groups -OCH3 is 2. The normalized spacial score (nSPS) is 24.8. The number of nitrogens with two attached hydrogens (primary N) is 1. The maximum absolute atomic E-state index is 14.4. The highest BCUT2D eigenvalue weighted by molar-refractivity contribution is 6.32. The second-order valence-electron chi connectivity index (χ2n) is 27.3. The number of ether oxygens (including phenoxy) is 6. The fraction of sp³-hybridized carbons (Fsp3) is 0.384. The fourth-order valence-corrected chi connectivity index (χ4v) is 14.8. The summed E-state index contributed by atoms with van der Waals surface area (Å²) in [4.78, 5) is 164. The summed E-state index contributed by atoms with van der Waals surface area (Å²) in [5, 5.41) is 120. The first-order valence-corrected chi connectivity index (χ1v) is 34.4. The molecule has 0 saturated carbocycles. The average molecular weight is 1520 g/mol. The van der Waals surface area contributed by atoms with E-state index >= 15 is 0 Å². The van der Waals surface area contributed by atoms with E-state index in [2.05, 4.69) is 41.5 Å². The van der Waals surface area contributed by atoms with E-state index in [0.29, 0.717) is 11.4 Å². The molecule has 2 aromatic heterocycles. The van der Waals surface area contributed by atoms with Crippen molar-refractivity contribution >= 4 is 75.3 Å². The van der Waals surface area contributed by atoms with Crippen LogP contribution in [0.25, 0.3) is 11.2 Å². The van der Waals surface area contributed by atoms with Gasteiger partial charge in [0.05, 0.1) is 115 Å². The number of anilines is 2. The van der Waals surface area contributed by atoms with E-state index in [1.807, 2.05) is 0 Å². The number of fused-ring (bicyclic) bond motifs is 7. The minimum absolute atomic E-state index is 0.0322. The van der Waals surface area contributed by atoms with Gasteiger partial charge in [-0.3, -0.25) is 43.2 Å². The van der Waals surface area contributed by atoms with Gasteiger partial charge in [-0.1, -0.05) is 24.3 Å². The number of aliphatic hydroxyl groups is 6. The first kappa shape index (κ1) is 76.9. The minimum atomic E-state index is -2.54. The lowest BCUT2D eigenvalue weighted by Crippen LogP contribution is -2.56. The number of H-pyrrole nitrogens is 1. The van der Waals surface area contributed by atoms with Crippen LogP contribution >= 0.6 is 0 Å². The molecule has 110 heavy (non-hydrogen) atoms. The summed E-state index contributed by atoms with van der Waals surface area (Å²) in [6.07, 6.45) is -15.8. The number of Topliss-reactive ketones (excluding diaryl/α,β-unsaturated/α-hetero) is 2. The number of aliphatic hydroxyl groups excluding tert-OH is 4. The van der Waals surface area contributed by atoms with Crippen LogP contribution in [0.4, 0.5) is 11.6 Å². The van der Waals surface area contributed by atoms with Gasteiger partial charge in [-0.05, 0) is 56.7 Å². The Kier molecular flexibility index (Phi) is 21.1. The highest BCUT2D eigenvalue weighted by atomic mass is 16.7. The largest absolute Gasteiger partial charge is 0.507 e. The number of amides is 1. The minimum Gasteiger partial charge on any atom is -0.507 e. The Morgan fingerprint density at radius 3 is 1.61 bits per heavy atom. The zero-order valence-corrected chi connectivity index (χ0v) is 58.7. The van der Waals surface area contributed by atoms with Crippen LogP contribution in [-0.2, 0) is 67.2 Å². The Bertz CT molecular complexity index is 5050. The third-order valence-electron chi connectivity index (χ3n) is 20.5. The van der Waals surface area contributed by atoms with E-state index in [9.17, 15) is 99.0 Å². The number of nitrogen functional groups attached to an aromatic ring is 1. The van der Waals surface area contributed by atoms with Gasteiger partial charge in [0, 0.05) is 89.6 Å². The lowest BCUT2D eigenvalue weighted by atomic mass is 9.72. The standard InChI is InChI=1S/C73H73N9O28/c1-27-57(88)37(17-46(105-27)107-41-21-72(101,43(85)25-83)19-34-50(41)65(96)54-52(61(34)92)59(90)32-7-5-9-39(103-3)48(32)63(54)94)81-109-45(87)16-15-36(78-68(98)29-11-13-30(14-12-29)75-23-31-24-76-67-56(77-31)69(99)80-71(74)79-67)70(100)110-82-38-18-47(106-28(2)58(38)89)108-42-22-73(102,44(86)26-84)20-35-51(42)66(97)55-53(62(35)93)60(91)33-8-6-10-40(104-4)49(33)64(55)95/h5-14,24,27-28,36-38,41-42,46-47,57-58,75,81-84,88-89,92-93,96-97,101-102H,15-23,25-26H2,1-4H3,(H,78,98)(H3,74,76,79,80,99)/t27?,28?,36-,37?,38?,41-,42-,46?,47?,57?,58?,72-,73-/m0/s1. The summed E-state index contributed by atoms with van der Waals surface area (Å²) in [7, 11) is 2.49. The van der Waals surface area contributed by atoms with Crippen molar-refractivity contribution in [3.63, 3.8) is 0 Å². The van der Waals surface area contributed by atoms with E-state index in [4.69, 9.17) is 43.8 Å². The zero-order valence-electron chi connectivity index (χ0n) is 58.7. The van der Waals surface area contributed by atoms with Crippen molar-refractivity contribution in [2.45, 2.75) is 150 Å². The molecule has 2 aliphatic heterocycles. The number of benzene rings is 5. The molecule has 0 spiro atoms. The first-order chi connectivity index (χ1) is 52.4. The molecule has 7 aromatic rings. The van der Waals surface area contributed by atoms with E-state index < -0.39 is 252 Å². The summed E-state index contributed by atoms with van der Waals surface area (Å²) in [5.41, 5.74) is 0.651. The molecule has 17 N–H and O–H groups in total. The Morgan fingerprint density at radius 1 is 0.645 bits per heavy atom. The van der Waals surface area contributed by atoms with E-state index in [1.165, 1.54) is 94.9 Å². The molecule has 4 heterocycles. The van der Waals surface area contributed by atoms with Crippen LogP contribution in [0, 0.1) is 0 Å². The predicted molar refractivity (Wildman–Crippen MR) is 370 cm³/mol. The monoisotopic (exact) mass is 1520 g/mol. The van der Waals surface area contributed by atoms with Gasteiger partial charge < -0.3 is 111 Å². The second-order valence-corrected chi connectivity index (χ2v) is 27.3. The molecule has 5 aromatic carbocycles. The van der Waals surface area contributed by atoms with Gasteiger partial charge in [0.1, 0.15) is 65.0 Å². The van der Waals surface area contributed by atoms with Gasteiger partial charge in [-0.25, -0.2) is 14.8 Å². The Hall–Kier alpha value is -11.3. The lowest BCUT2D eigenvalue weighted by molar-refractivity contribution is -0.257. The topological polar surface area (TPSA) is 575 Å². The number of carbonyl (C=O) groups excluding carboxylic acids is 9. The van der Waals surface area contributed by atoms with Crippen LogP contribution in [0.2, 0.25) is 0 Å². The summed E-state index contributed by atoms with van der Waals surface area (Å²) < 4.78 is 35.4. The number of rotatable bonds is 23. The molecule has 1 amide bonds. The lowest BCUT2D eigenvalue weighted by Gasteiger charge is -2.42. The average Bonchev–Trinajstić information content (AvgIpc) is 0.714. The SMILES string of the molecule is COc1cccc2c1C(=O)c1c(O)c3c(c(O)c1C2=O)C[C@@](O)(C(=O)CO)C[C@@H]3OC1CC(NOC(=O)CC[C@H](NC(=O)c2ccc(NCc3cnc4[nH]c(N)nc(=O)c4n3)cc2)C(=O)ONC2CC(O[C@H]3C[C@](O)(C(=O)CO)Cc4c(O)c5c(c(O)c43)C(=O)c3c(OC)cccc3C5=O)OC(C)C2O)C(O)C(C)O1. The number of hydrogen-bond acceptors (Lipinski definition) is 35. The summed E-state index contributed by atoms with van der Waals surface area (Å²) >= 11 is 0. The van der Waals surface area contributed by atoms with Crippen LogP contribution in [0.15, 0.2) is 71.7 Å². The van der Waals surface area contributed by atoms with E-state index in [0.717, 1.165) is 0 Å². The number of nitrogens with zero attached hydrogens (tertiary/aromatic N) is 3. The highest BCUT2D eigenvalue weighted by Gasteiger charge is 2.53. The Morgan fingerprint density at radius 2 is 1.13 bits per heavy atom. The van der Waals surface area contributed by atoms with Crippen molar-refractivity contribution in [2.24, 2.45) is 0 Å². The van der Waals surface area contributed by atoms with Crippen molar-refractivity contribution in [2.75, 3.05) is 38.5 Å². The number of carbonyl (C=O) groups is 9. The molecule has 2 fully saturated rings. The van der Waals surface area contributed by atoms with Crippen molar-refractivity contribution in [1.29, 1.82) is 0 Å². The Labute approximate surface area is 620 Å². The van der Waals surface area contributed by atoms with Crippen LogP contribution in [-0.4, -0.2) is 217 Å². The van der Waals surface area contributed by atoms with Gasteiger partial charge in [-0.2, -0.15) is 4.98 Å². The van der Waals surface area contributed by atoms with Gasteiger partial charge >= 0.3 is 17.5 Å². The van der Waals surface area contributed by atoms with Crippen molar-refractivity contribution in [3.8, 4) is 34.5 Å². The molecular weight excluding hydrogens is 1450 g/mol. The third-order valence-corrected chi connectivity index (χ3v) is 20.5. The molecule has 8 unspecified atom stereocenters. The van der Waals surface area contributed by atoms with Crippen LogP contribution in [0.5, 0.6) is 34.5 Å². The predicted octanol–water partition coefficient (Wildman–Crippen LogP) is -0.00600. The number of phenolic OH excluding ortho intramolecular Hbond substituents is 4. The smallest absolute Gasteiger partial charge is 0.347 e. The number of hydrogen-bond donors (Lipinski definition) is 16. The maximum Gasteiger partial charge on any atom is 0.347 e. The number of aromatic amines is 1. The van der Waals surface area contributed by atoms with Gasteiger partial charge in [0.15, 0.2) is 46.9 Å². The van der Waals surface area contributed by atoms with Gasteiger partial charge in [0.2, 0.25) is 17.5 Å². The molecule has 0 bridgehead atoms. The van der Waals surface area contributed by atoms with Gasteiger partial charge in [-0.15, -0.1) is 11.0 Å². The second kappa shape index (κ2) is 30.3. The number of aromatic hydroxyl groups is 4. The molecule has 4 aliphatic carbocycles. The molecule has 37 nitrogen and oxygen atoms in total. The van der Waals surface area contributed by atoms with Crippen LogP contribution in [0.3, 0.4) is 0 Å². The maximum atomic E-state index is 14.4. The summed E-state index contributed by atoms with van der Waals surface area (Å²) in [6, 6.07) is 9.54. The molecule has 6 aliphatic rings. The fourth-order valence-electron chi connectivity index (χ4n) is 14.8. The van der Waals surface area contributed by atoms with Crippen LogP contribution < -0.4 is 42.4 Å². The zero-order chi connectivity index (χ0) is 78.9. The van der Waals surface area contributed by atoms with Crippen molar-refractivity contribution < 1.29 is 132 Å². The third kappa shape index (κ3) is 14.0. The number of phenols is 4. The van der Waals surface area contributed by atoms with Crippen LogP contribution in [0.1, 0.15) is 167 Å². The van der Waals surface area contributed by atoms with E-state index in [1.54, 1.807) is 0 Å². The number of nitrogens with one attached hydrogen (secondary N) is 5. The van der Waals surface area contributed by atoms with Crippen molar-refractivity contribution in [3.05, 3.63) is 155 Å². The first-order valence-electron chi connectivity index (χ1n) is 34.4. The number of aromatic nitrogens is 4.